The molecule has 4 rings (SSSR count). The smallest absolute Gasteiger partial charge is 0.233 e. The average Bonchev–Trinajstić information content (AvgIpc) is 2.73. The van der Waals surface area contributed by atoms with Crippen molar-refractivity contribution >= 4 is 45.9 Å². The molecule has 0 bridgehead atoms. The molecule has 0 saturated carbocycles. The second kappa shape index (κ2) is 8.19. The van der Waals surface area contributed by atoms with Crippen molar-refractivity contribution in [2.45, 2.75) is 4.90 Å². The van der Waals surface area contributed by atoms with Gasteiger partial charge in [-0.05, 0) is 29.7 Å². The third-order valence-electron chi connectivity index (χ3n) is 4.77. The van der Waals surface area contributed by atoms with E-state index in [9.17, 15) is 4.79 Å². The average molecular weight is 398 g/mol. The van der Waals surface area contributed by atoms with Crippen molar-refractivity contribution in [1.82, 2.24) is 9.88 Å². The number of pyridine rings is 1. The number of amides is 1. The lowest BCUT2D eigenvalue weighted by Gasteiger charge is -2.35. The fraction of sp³-hybridized carbons (Fsp3) is 0.238. The zero-order valence-corrected chi connectivity index (χ0v) is 16.4. The molecule has 4 nitrogen and oxygen atoms in total. The molecule has 1 aliphatic rings. The summed E-state index contributed by atoms with van der Waals surface area (Å²) in [5.74, 6) is 1.57. The fourth-order valence-corrected chi connectivity index (χ4v) is 4.69. The van der Waals surface area contributed by atoms with E-state index in [0.29, 0.717) is 5.75 Å². The number of thioether (sulfide) groups is 1. The molecule has 27 heavy (non-hydrogen) atoms. The van der Waals surface area contributed by atoms with Gasteiger partial charge in [-0.15, -0.1) is 11.8 Å². The lowest BCUT2D eigenvalue weighted by molar-refractivity contribution is -0.128. The molecule has 3 aromatic rings. The SMILES string of the molecule is O=C(CSc1cccc2cccc(Cl)c12)N1CCN(c2ccccn2)CC1. The Hall–Kier alpha value is -2.24. The van der Waals surface area contributed by atoms with Gasteiger partial charge in [0.25, 0.3) is 0 Å². The molecule has 1 aliphatic heterocycles. The van der Waals surface area contributed by atoms with Crippen molar-refractivity contribution in [3.05, 3.63) is 65.8 Å². The van der Waals surface area contributed by atoms with Crippen LogP contribution in [0.2, 0.25) is 5.02 Å². The summed E-state index contributed by atoms with van der Waals surface area (Å²) < 4.78 is 0. The van der Waals surface area contributed by atoms with E-state index in [-0.39, 0.29) is 5.91 Å². The number of carbonyl (C=O) groups is 1. The number of fused-ring (bicyclic) bond motifs is 1. The summed E-state index contributed by atoms with van der Waals surface area (Å²) in [5.41, 5.74) is 0. The Kier molecular flexibility index (Phi) is 5.50. The van der Waals surface area contributed by atoms with Gasteiger partial charge < -0.3 is 9.80 Å². The van der Waals surface area contributed by atoms with Crippen LogP contribution in [-0.2, 0) is 4.79 Å². The van der Waals surface area contributed by atoms with Crippen molar-refractivity contribution in [3.8, 4) is 0 Å². The van der Waals surface area contributed by atoms with Gasteiger partial charge in [0, 0.05) is 47.7 Å². The molecule has 2 heterocycles. The fourth-order valence-electron chi connectivity index (χ4n) is 3.34. The van der Waals surface area contributed by atoms with Crippen LogP contribution in [0.3, 0.4) is 0 Å². The molecule has 1 saturated heterocycles. The Balaban J connectivity index is 1.37. The Morgan fingerprint density at radius 3 is 2.52 bits per heavy atom. The van der Waals surface area contributed by atoms with Crippen LogP contribution < -0.4 is 4.90 Å². The number of rotatable bonds is 4. The highest BCUT2D eigenvalue weighted by molar-refractivity contribution is 8.00. The summed E-state index contributed by atoms with van der Waals surface area (Å²) in [4.78, 5) is 22.3. The third kappa shape index (κ3) is 4.04. The quantitative estimate of drug-likeness (QED) is 0.614. The maximum absolute atomic E-state index is 12.7. The summed E-state index contributed by atoms with van der Waals surface area (Å²) >= 11 is 7.94. The van der Waals surface area contributed by atoms with Gasteiger partial charge in [-0.25, -0.2) is 4.98 Å². The number of piperazine rings is 1. The summed E-state index contributed by atoms with van der Waals surface area (Å²) in [5, 5.41) is 2.86. The predicted molar refractivity (Wildman–Crippen MR) is 113 cm³/mol. The van der Waals surface area contributed by atoms with Gasteiger partial charge in [0.1, 0.15) is 5.82 Å². The Labute approximate surface area is 168 Å². The van der Waals surface area contributed by atoms with Gasteiger partial charge in [0.05, 0.1) is 5.75 Å². The van der Waals surface area contributed by atoms with Crippen LogP contribution in [0.15, 0.2) is 65.7 Å². The van der Waals surface area contributed by atoms with E-state index < -0.39 is 0 Å². The molecule has 0 aliphatic carbocycles. The summed E-state index contributed by atoms with van der Waals surface area (Å²) in [7, 11) is 0. The first-order valence-electron chi connectivity index (χ1n) is 8.96. The minimum absolute atomic E-state index is 0.171. The van der Waals surface area contributed by atoms with E-state index in [4.69, 9.17) is 11.6 Å². The molecule has 1 aromatic heterocycles. The molecule has 0 atom stereocenters. The van der Waals surface area contributed by atoms with E-state index in [1.807, 2.05) is 59.5 Å². The topological polar surface area (TPSA) is 36.4 Å². The van der Waals surface area contributed by atoms with Gasteiger partial charge in [-0.1, -0.05) is 41.9 Å². The highest BCUT2D eigenvalue weighted by Gasteiger charge is 2.22. The monoisotopic (exact) mass is 397 g/mol. The van der Waals surface area contributed by atoms with Gasteiger partial charge in [-0.3, -0.25) is 4.79 Å². The largest absolute Gasteiger partial charge is 0.353 e. The molecular formula is C21H20ClN3OS. The number of nitrogens with zero attached hydrogens (tertiary/aromatic N) is 3. The summed E-state index contributed by atoms with van der Waals surface area (Å²) in [6, 6.07) is 17.9. The molecule has 0 N–H and O–H groups in total. The number of halogens is 1. The van der Waals surface area contributed by atoms with Crippen LogP contribution in [0.1, 0.15) is 0 Å². The third-order valence-corrected chi connectivity index (χ3v) is 6.13. The van der Waals surface area contributed by atoms with E-state index in [1.54, 1.807) is 18.0 Å². The summed E-state index contributed by atoms with van der Waals surface area (Å²) in [6.07, 6.45) is 1.80. The molecule has 138 valence electrons. The first-order chi connectivity index (χ1) is 13.2. The van der Waals surface area contributed by atoms with E-state index in [0.717, 1.165) is 52.7 Å². The van der Waals surface area contributed by atoms with E-state index >= 15 is 0 Å². The van der Waals surface area contributed by atoms with E-state index in [1.165, 1.54) is 0 Å². The molecule has 1 fully saturated rings. The second-order valence-electron chi connectivity index (χ2n) is 6.44. The Morgan fingerprint density at radius 1 is 1.00 bits per heavy atom. The summed E-state index contributed by atoms with van der Waals surface area (Å²) in [6.45, 7) is 3.08. The number of benzene rings is 2. The van der Waals surface area contributed by atoms with Crippen LogP contribution in [0.25, 0.3) is 10.8 Å². The molecule has 0 radical (unpaired) electrons. The zero-order valence-electron chi connectivity index (χ0n) is 14.8. The number of aromatic nitrogens is 1. The maximum atomic E-state index is 12.7. The van der Waals surface area contributed by atoms with Gasteiger partial charge in [-0.2, -0.15) is 0 Å². The van der Waals surface area contributed by atoms with Gasteiger partial charge >= 0.3 is 0 Å². The number of hydrogen-bond acceptors (Lipinski definition) is 4. The molecule has 2 aromatic carbocycles. The number of anilines is 1. The van der Waals surface area contributed by atoms with Crippen molar-refractivity contribution in [2.75, 3.05) is 36.8 Å². The van der Waals surface area contributed by atoms with Crippen LogP contribution in [0.5, 0.6) is 0 Å². The normalized spacial score (nSPS) is 14.6. The zero-order chi connectivity index (χ0) is 18.6. The standard InChI is InChI=1S/C21H20ClN3OS/c22-17-7-3-5-16-6-4-8-18(21(16)17)27-15-20(26)25-13-11-24(12-14-25)19-9-1-2-10-23-19/h1-10H,11-15H2. The maximum Gasteiger partial charge on any atom is 0.233 e. The van der Waals surface area contributed by atoms with Crippen LogP contribution >= 0.6 is 23.4 Å². The van der Waals surface area contributed by atoms with Crippen molar-refractivity contribution in [3.63, 3.8) is 0 Å². The van der Waals surface area contributed by atoms with Crippen LogP contribution in [0, 0.1) is 0 Å². The highest BCUT2D eigenvalue weighted by Crippen LogP contribution is 2.33. The van der Waals surface area contributed by atoms with Crippen molar-refractivity contribution in [1.29, 1.82) is 0 Å². The molecule has 0 unspecified atom stereocenters. The van der Waals surface area contributed by atoms with E-state index in [2.05, 4.69) is 9.88 Å². The minimum atomic E-state index is 0.171. The first kappa shape index (κ1) is 18.1. The Morgan fingerprint density at radius 2 is 1.78 bits per heavy atom. The molecule has 1 amide bonds. The number of carbonyl (C=O) groups excluding carboxylic acids is 1. The van der Waals surface area contributed by atoms with Gasteiger partial charge in [0.2, 0.25) is 5.91 Å². The Bertz CT molecular complexity index is 937. The molecule has 0 spiro atoms. The van der Waals surface area contributed by atoms with Crippen molar-refractivity contribution in [2.24, 2.45) is 0 Å². The van der Waals surface area contributed by atoms with Crippen LogP contribution in [-0.4, -0.2) is 47.7 Å². The molecule has 6 heteroatoms. The lowest BCUT2D eigenvalue weighted by atomic mass is 10.1. The second-order valence-corrected chi connectivity index (χ2v) is 7.86. The first-order valence-corrected chi connectivity index (χ1v) is 10.3. The minimum Gasteiger partial charge on any atom is -0.353 e. The highest BCUT2D eigenvalue weighted by atomic mass is 35.5. The van der Waals surface area contributed by atoms with Crippen molar-refractivity contribution < 1.29 is 4.79 Å². The predicted octanol–water partition coefficient (Wildman–Crippen LogP) is 4.33. The van der Waals surface area contributed by atoms with Gasteiger partial charge in [0.15, 0.2) is 0 Å². The lowest BCUT2D eigenvalue weighted by Crippen LogP contribution is -2.49. The molecular weight excluding hydrogens is 378 g/mol. The van der Waals surface area contributed by atoms with Crippen LogP contribution in [0.4, 0.5) is 5.82 Å². The number of hydrogen-bond donors (Lipinski definition) is 0.